The summed E-state index contributed by atoms with van der Waals surface area (Å²) in [6, 6.07) is 5.78. The molecule has 2 N–H and O–H groups in total. The van der Waals surface area contributed by atoms with Crippen molar-refractivity contribution in [1.82, 2.24) is 0 Å². The van der Waals surface area contributed by atoms with Gasteiger partial charge in [0.05, 0.1) is 0 Å². The van der Waals surface area contributed by atoms with E-state index in [0.717, 1.165) is 11.1 Å². The molecule has 1 fully saturated rings. The first-order valence-corrected chi connectivity index (χ1v) is 6.61. The van der Waals surface area contributed by atoms with Crippen LogP contribution in [0.5, 0.6) is 0 Å². The highest BCUT2D eigenvalue weighted by Crippen LogP contribution is 2.46. The largest absolute Gasteiger partial charge is 0.330 e. The molecule has 18 heavy (non-hydrogen) atoms. The number of aryl methyl sites for hydroxylation is 1. The van der Waals surface area contributed by atoms with Gasteiger partial charge in [-0.2, -0.15) is 0 Å². The van der Waals surface area contributed by atoms with Crippen LogP contribution in [0.25, 0.3) is 0 Å². The fraction of sp³-hybridized carbons (Fsp3) is 0.571. The third-order valence-corrected chi connectivity index (χ3v) is 4.34. The Morgan fingerprint density at radius 3 is 2.33 bits per heavy atom. The molecule has 0 radical (unpaired) electrons. The second-order valence-corrected chi connectivity index (χ2v) is 5.73. The van der Waals surface area contributed by atoms with E-state index in [4.69, 9.17) is 17.3 Å². The van der Waals surface area contributed by atoms with Crippen molar-refractivity contribution in [3.8, 4) is 0 Å². The van der Waals surface area contributed by atoms with Gasteiger partial charge in [0.15, 0.2) is 0 Å². The van der Waals surface area contributed by atoms with E-state index >= 15 is 0 Å². The van der Waals surface area contributed by atoms with E-state index in [1.807, 2.05) is 25.1 Å². The summed E-state index contributed by atoms with van der Waals surface area (Å²) in [5.41, 5.74) is 7.47. The first-order chi connectivity index (χ1) is 8.38. The molecule has 1 aliphatic carbocycles. The van der Waals surface area contributed by atoms with Gasteiger partial charge in [-0.25, -0.2) is 8.78 Å². The van der Waals surface area contributed by atoms with Crippen molar-refractivity contribution in [3.05, 3.63) is 34.3 Å². The zero-order valence-electron chi connectivity index (χ0n) is 10.5. The van der Waals surface area contributed by atoms with Crippen molar-refractivity contribution in [2.75, 3.05) is 6.54 Å². The van der Waals surface area contributed by atoms with Gasteiger partial charge in [-0.3, -0.25) is 0 Å². The number of hydrogen-bond acceptors (Lipinski definition) is 1. The number of halogens is 3. The highest BCUT2D eigenvalue weighted by atomic mass is 35.5. The molecular formula is C14H18ClF2N. The van der Waals surface area contributed by atoms with Gasteiger partial charge in [-0.1, -0.05) is 23.7 Å². The summed E-state index contributed by atoms with van der Waals surface area (Å²) < 4.78 is 26.6. The first-order valence-electron chi connectivity index (χ1n) is 6.23. The maximum atomic E-state index is 13.3. The lowest BCUT2D eigenvalue weighted by molar-refractivity contribution is -0.0509. The summed E-state index contributed by atoms with van der Waals surface area (Å²) in [6.07, 6.45) is 0.599. The molecule has 1 aromatic carbocycles. The number of benzene rings is 1. The fourth-order valence-corrected chi connectivity index (χ4v) is 3.16. The standard InChI is InChI=1S/C14H18ClF2N/c1-10-2-3-11(12(15)8-10)13(9-18)4-6-14(16,17)7-5-13/h2-3,8H,4-7,9,18H2,1H3. The third-order valence-electron chi connectivity index (χ3n) is 4.03. The van der Waals surface area contributed by atoms with Crippen molar-refractivity contribution < 1.29 is 8.78 Å². The molecule has 1 aliphatic rings. The topological polar surface area (TPSA) is 26.0 Å². The molecule has 0 bridgehead atoms. The Morgan fingerprint density at radius 1 is 1.22 bits per heavy atom. The number of nitrogens with two attached hydrogens (primary N) is 1. The van der Waals surface area contributed by atoms with Gasteiger partial charge in [0, 0.05) is 29.8 Å². The Hall–Kier alpha value is -0.670. The summed E-state index contributed by atoms with van der Waals surface area (Å²) >= 11 is 6.26. The minimum atomic E-state index is -2.55. The van der Waals surface area contributed by atoms with E-state index in [1.54, 1.807) is 0 Å². The van der Waals surface area contributed by atoms with Gasteiger partial charge in [-0.15, -0.1) is 0 Å². The molecule has 1 saturated carbocycles. The maximum Gasteiger partial charge on any atom is 0.248 e. The molecular weight excluding hydrogens is 256 g/mol. The molecule has 100 valence electrons. The van der Waals surface area contributed by atoms with E-state index in [1.165, 1.54) is 0 Å². The van der Waals surface area contributed by atoms with Crippen molar-refractivity contribution in [3.63, 3.8) is 0 Å². The molecule has 0 spiro atoms. The molecule has 2 rings (SSSR count). The van der Waals surface area contributed by atoms with Gasteiger partial charge >= 0.3 is 0 Å². The van der Waals surface area contributed by atoms with Crippen LogP contribution in [-0.4, -0.2) is 12.5 Å². The van der Waals surface area contributed by atoms with Crippen LogP contribution >= 0.6 is 11.6 Å². The Labute approximate surface area is 111 Å². The van der Waals surface area contributed by atoms with Gasteiger partial charge in [0.25, 0.3) is 0 Å². The van der Waals surface area contributed by atoms with Crippen molar-refractivity contribution in [1.29, 1.82) is 0 Å². The lowest BCUT2D eigenvalue weighted by Gasteiger charge is -2.40. The molecule has 0 atom stereocenters. The van der Waals surface area contributed by atoms with Crippen LogP contribution in [0, 0.1) is 6.92 Å². The first kappa shape index (κ1) is 13.8. The van der Waals surface area contributed by atoms with Crippen molar-refractivity contribution >= 4 is 11.6 Å². The number of rotatable bonds is 2. The van der Waals surface area contributed by atoms with Crippen molar-refractivity contribution in [2.45, 2.75) is 43.9 Å². The average Bonchev–Trinajstić information content (AvgIpc) is 2.31. The molecule has 0 unspecified atom stereocenters. The molecule has 0 saturated heterocycles. The van der Waals surface area contributed by atoms with E-state index in [-0.39, 0.29) is 18.3 Å². The molecule has 0 aliphatic heterocycles. The SMILES string of the molecule is Cc1ccc(C2(CN)CCC(F)(F)CC2)c(Cl)c1. The second kappa shape index (κ2) is 4.78. The fourth-order valence-electron chi connectivity index (χ4n) is 2.73. The third kappa shape index (κ3) is 2.52. The van der Waals surface area contributed by atoms with E-state index in [0.29, 0.717) is 24.4 Å². The van der Waals surface area contributed by atoms with Crippen LogP contribution in [0.4, 0.5) is 8.78 Å². The van der Waals surface area contributed by atoms with E-state index in [9.17, 15) is 8.78 Å². The number of alkyl halides is 2. The highest BCUT2D eigenvalue weighted by Gasteiger charge is 2.44. The minimum absolute atomic E-state index is 0.103. The quantitative estimate of drug-likeness (QED) is 0.864. The Bertz CT molecular complexity index is 435. The van der Waals surface area contributed by atoms with E-state index in [2.05, 4.69) is 0 Å². The van der Waals surface area contributed by atoms with Gasteiger partial charge in [0.2, 0.25) is 5.92 Å². The van der Waals surface area contributed by atoms with Gasteiger partial charge in [0.1, 0.15) is 0 Å². The zero-order valence-corrected chi connectivity index (χ0v) is 11.2. The Kier molecular flexibility index (Phi) is 3.65. The predicted molar refractivity (Wildman–Crippen MR) is 70.3 cm³/mol. The number of hydrogen-bond donors (Lipinski definition) is 1. The summed E-state index contributed by atoms with van der Waals surface area (Å²) in [6.45, 7) is 2.33. The van der Waals surface area contributed by atoms with Crippen LogP contribution in [-0.2, 0) is 5.41 Å². The Balaban J connectivity index is 2.33. The summed E-state index contributed by atoms with van der Waals surface area (Å²) in [7, 11) is 0. The molecule has 0 heterocycles. The lowest BCUT2D eigenvalue weighted by Crippen LogP contribution is -2.42. The van der Waals surface area contributed by atoms with Crippen LogP contribution in [0.3, 0.4) is 0 Å². The average molecular weight is 274 g/mol. The van der Waals surface area contributed by atoms with Gasteiger partial charge in [-0.05, 0) is 37.0 Å². The minimum Gasteiger partial charge on any atom is -0.330 e. The predicted octanol–water partition coefficient (Wildman–Crippen LogP) is 4.05. The van der Waals surface area contributed by atoms with Crippen molar-refractivity contribution in [2.24, 2.45) is 5.73 Å². The highest BCUT2D eigenvalue weighted by molar-refractivity contribution is 6.31. The lowest BCUT2D eigenvalue weighted by atomic mass is 9.68. The Morgan fingerprint density at radius 2 is 1.83 bits per heavy atom. The van der Waals surface area contributed by atoms with Crippen LogP contribution in [0.15, 0.2) is 18.2 Å². The monoisotopic (exact) mass is 273 g/mol. The van der Waals surface area contributed by atoms with Gasteiger partial charge < -0.3 is 5.73 Å². The smallest absolute Gasteiger partial charge is 0.248 e. The molecule has 1 nitrogen and oxygen atoms in total. The summed E-state index contributed by atoms with van der Waals surface area (Å²) in [5.74, 6) is -2.55. The molecule has 0 aromatic heterocycles. The van der Waals surface area contributed by atoms with Crippen LogP contribution < -0.4 is 5.73 Å². The summed E-state index contributed by atoms with van der Waals surface area (Å²) in [4.78, 5) is 0. The van der Waals surface area contributed by atoms with E-state index < -0.39 is 5.92 Å². The van der Waals surface area contributed by atoms with Crippen LogP contribution in [0.2, 0.25) is 5.02 Å². The van der Waals surface area contributed by atoms with Crippen LogP contribution in [0.1, 0.15) is 36.8 Å². The summed E-state index contributed by atoms with van der Waals surface area (Å²) in [5, 5.41) is 0.644. The zero-order chi connectivity index (χ0) is 13.4. The second-order valence-electron chi connectivity index (χ2n) is 5.32. The molecule has 4 heteroatoms. The molecule has 0 amide bonds. The molecule has 1 aromatic rings. The maximum absolute atomic E-state index is 13.3. The normalized spacial score (nSPS) is 21.8.